The van der Waals surface area contributed by atoms with E-state index in [4.69, 9.17) is 23.2 Å². The van der Waals surface area contributed by atoms with Gasteiger partial charge in [0.2, 0.25) is 5.91 Å². The predicted molar refractivity (Wildman–Crippen MR) is 131 cm³/mol. The number of fused-ring (bicyclic) bond motifs is 1. The van der Waals surface area contributed by atoms with Crippen LogP contribution in [0.25, 0.3) is 0 Å². The fraction of sp³-hybridized carbons (Fsp3) is 0.400. The molecule has 0 radical (unpaired) electrons. The number of amides is 1. The molecule has 0 spiro atoms. The third kappa shape index (κ3) is 5.79. The van der Waals surface area contributed by atoms with Crippen LogP contribution >= 0.6 is 47.2 Å². The lowest BCUT2D eigenvalue weighted by Gasteiger charge is -2.17. The molecule has 2 N–H and O–H groups in total. The number of benzene rings is 1. The summed E-state index contributed by atoms with van der Waals surface area (Å²) in [6.07, 6.45) is 2.17. The van der Waals surface area contributed by atoms with Gasteiger partial charge in [0.1, 0.15) is 5.15 Å². The monoisotopic (exact) mass is 549 g/mol. The molecule has 9 heteroatoms. The fourth-order valence-corrected chi connectivity index (χ4v) is 3.75. The van der Waals surface area contributed by atoms with Crippen molar-refractivity contribution in [2.75, 3.05) is 25.0 Å². The molecule has 6 nitrogen and oxygen atoms in total. The van der Waals surface area contributed by atoms with Crippen LogP contribution in [0.3, 0.4) is 0 Å². The first kappa shape index (κ1) is 23.8. The summed E-state index contributed by atoms with van der Waals surface area (Å²) in [5, 5.41) is 7.52. The Balaban J connectivity index is 0.00000300. The van der Waals surface area contributed by atoms with Crippen LogP contribution in [0.4, 0.5) is 5.69 Å². The van der Waals surface area contributed by atoms with E-state index in [2.05, 4.69) is 21.7 Å². The van der Waals surface area contributed by atoms with Gasteiger partial charge in [-0.3, -0.25) is 9.79 Å². The highest BCUT2D eigenvalue weighted by atomic mass is 127. The van der Waals surface area contributed by atoms with Gasteiger partial charge >= 0.3 is 0 Å². The number of rotatable bonds is 6. The second-order valence-corrected chi connectivity index (χ2v) is 7.48. The van der Waals surface area contributed by atoms with Crippen molar-refractivity contribution < 1.29 is 4.79 Å². The minimum absolute atomic E-state index is 0. The molecule has 1 aromatic carbocycles. The lowest BCUT2D eigenvalue weighted by atomic mass is 10.2. The number of aliphatic imine (C=N–C) groups is 1. The van der Waals surface area contributed by atoms with Crippen LogP contribution in [0.1, 0.15) is 24.1 Å². The number of hydrogen-bond acceptors (Lipinski definition) is 2. The number of halogens is 3. The summed E-state index contributed by atoms with van der Waals surface area (Å²) in [7, 11) is 3.58. The van der Waals surface area contributed by atoms with Gasteiger partial charge in [0.05, 0.1) is 11.6 Å². The summed E-state index contributed by atoms with van der Waals surface area (Å²) < 4.78 is 1.83. The standard InChI is InChI=1S/C20H25Cl2N5O.HI/c1-23-20(25-13-15-12-16(21)19(22)26(15)2)24-10-5-8-18(28)27-11-9-14-6-3-4-7-17(14)27;/h3-4,6-7,12H,5,8-11,13H2,1-2H3,(H2,23,24,25);1H. The molecule has 3 rings (SSSR count). The maximum atomic E-state index is 12.5. The molecule has 0 aliphatic carbocycles. The van der Waals surface area contributed by atoms with Crippen molar-refractivity contribution in [3.05, 3.63) is 51.8 Å². The molecular weight excluding hydrogens is 524 g/mol. The average molecular weight is 550 g/mol. The van der Waals surface area contributed by atoms with Crippen LogP contribution in [0.15, 0.2) is 35.3 Å². The highest BCUT2D eigenvalue weighted by molar-refractivity contribution is 14.0. The lowest BCUT2D eigenvalue weighted by Crippen LogP contribution is -2.38. The number of nitrogens with zero attached hydrogens (tertiary/aromatic N) is 3. The molecule has 1 aromatic heterocycles. The second kappa shape index (κ2) is 11.1. The van der Waals surface area contributed by atoms with E-state index in [0.717, 1.165) is 30.8 Å². The van der Waals surface area contributed by atoms with Gasteiger partial charge in [0, 0.05) is 45.0 Å². The Kier molecular flexibility index (Phi) is 9.10. The molecule has 2 heterocycles. The first-order chi connectivity index (χ1) is 13.5. The van der Waals surface area contributed by atoms with Crippen molar-refractivity contribution in [2.24, 2.45) is 12.0 Å². The van der Waals surface area contributed by atoms with Crippen molar-refractivity contribution in [2.45, 2.75) is 25.8 Å². The summed E-state index contributed by atoms with van der Waals surface area (Å²) in [6, 6.07) is 9.94. The SMILES string of the molecule is CN=C(NCCCC(=O)N1CCc2ccccc21)NCc1cc(Cl)c(Cl)n1C.I. The van der Waals surface area contributed by atoms with E-state index in [9.17, 15) is 4.79 Å². The minimum atomic E-state index is 0. The Morgan fingerprint density at radius 2 is 2.00 bits per heavy atom. The molecule has 0 atom stereocenters. The van der Waals surface area contributed by atoms with Crippen LogP contribution in [0.2, 0.25) is 10.2 Å². The van der Waals surface area contributed by atoms with Crippen molar-refractivity contribution in [1.29, 1.82) is 0 Å². The topological polar surface area (TPSA) is 61.7 Å². The Morgan fingerprint density at radius 3 is 2.69 bits per heavy atom. The molecule has 158 valence electrons. The highest BCUT2D eigenvalue weighted by Crippen LogP contribution is 2.28. The number of aromatic nitrogens is 1. The Labute approximate surface area is 198 Å². The zero-order chi connectivity index (χ0) is 20.1. The van der Waals surface area contributed by atoms with Gasteiger partial charge < -0.3 is 20.1 Å². The number of nitrogens with one attached hydrogen (secondary N) is 2. The molecule has 29 heavy (non-hydrogen) atoms. The molecule has 0 saturated heterocycles. The quantitative estimate of drug-likeness (QED) is 0.248. The van der Waals surface area contributed by atoms with Crippen LogP contribution in [-0.2, 0) is 24.8 Å². The predicted octanol–water partition coefficient (Wildman–Crippen LogP) is 3.98. The molecule has 2 aromatic rings. The molecular formula is C20H26Cl2IN5O. The minimum Gasteiger partial charge on any atom is -0.356 e. The molecule has 1 aliphatic heterocycles. The number of guanidine groups is 1. The van der Waals surface area contributed by atoms with Gasteiger partial charge in [0.25, 0.3) is 0 Å². The zero-order valence-electron chi connectivity index (χ0n) is 16.5. The Morgan fingerprint density at radius 1 is 1.24 bits per heavy atom. The van der Waals surface area contributed by atoms with Crippen LogP contribution in [0, 0.1) is 0 Å². The van der Waals surface area contributed by atoms with E-state index >= 15 is 0 Å². The maximum Gasteiger partial charge on any atom is 0.227 e. The average Bonchev–Trinajstić information content (AvgIpc) is 3.24. The normalized spacial score (nSPS) is 13.1. The maximum absolute atomic E-state index is 12.5. The Bertz CT molecular complexity index is 884. The van der Waals surface area contributed by atoms with Crippen molar-refractivity contribution in [3.8, 4) is 0 Å². The molecule has 0 fully saturated rings. The Hall–Kier alpha value is -1.45. The summed E-state index contributed by atoms with van der Waals surface area (Å²) in [5.74, 6) is 0.843. The van der Waals surface area contributed by atoms with Gasteiger partial charge in [-0.25, -0.2) is 0 Å². The molecule has 0 bridgehead atoms. The number of carbonyl (C=O) groups is 1. The van der Waals surface area contributed by atoms with Crippen molar-refractivity contribution >= 4 is 64.7 Å². The van der Waals surface area contributed by atoms with Crippen LogP contribution in [0.5, 0.6) is 0 Å². The summed E-state index contributed by atoms with van der Waals surface area (Å²) >= 11 is 12.1. The van der Waals surface area contributed by atoms with Gasteiger partial charge in [-0.1, -0.05) is 41.4 Å². The highest BCUT2D eigenvalue weighted by Gasteiger charge is 2.23. The largest absolute Gasteiger partial charge is 0.356 e. The van der Waals surface area contributed by atoms with E-state index in [1.807, 2.05) is 40.8 Å². The van der Waals surface area contributed by atoms with Crippen LogP contribution < -0.4 is 15.5 Å². The lowest BCUT2D eigenvalue weighted by molar-refractivity contribution is -0.118. The van der Waals surface area contributed by atoms with E-state index in [-0.39, 0.29) is 29.9 Å². The number of carbonyl (C=O) groups excluding carboxylic acids is 1. The number of para-hydroxylation sites is 1. The second-order valence-electron chi connectivity index (χ2n) is 6.71. The fourth-order valence-electron chi connectivity index (χ4n) is 3.33. The first-order valence-corrected chi connectivity index (χ1v) is 10.1. The first-order valence-electron chi connectivity index (χ1n) is 9.33. The number of hydrogen-bond donors (Lipinski definition) is 2. The summed E-state index contributed by atoms with van der Waals surface area (Å²) in [6.45, 7) is 1.98. The zero-order valence-corrected chi connectivity index (χ0v) is 20.4. The molecule has 0 saturated carbocycles. The van der Waals surface area contributed by atoms with E-state index in [1.165, 1.54) is 5.56 Å². The van der Waals surface area contributed by atoms with Crippen molar-refractivity contribution in [1.82, 2.24) is 15.2 Å². The van der Waals surface area contributed by atoms with Gasteiger partial charge in [0.15, 0.2) is 5.96 Å². The van der Waals surface area contributed by atoms with E-state index in [0.29, 0.717) is 35.6 Å². The smallest absolute Gasteiger partial charge is 0.227 e. The molecule has 0 unspecified atom stereocenters. The molecule has 1 amide bonds. The van der Waals surface area contributed by atoms with E-state index in [1.54, 1.807) is 7.05 Å². The molecule has 1 aliphatic rings. The van der Waals surface area contributed by atoms with Crippen molar-refractivity contribution in [3.63, 3.8) is 0 Å². The summed E-state index contributed by atoms with van der Waals surface area (Å²) in [5.41, 5.74) is 3.26. The van der Waals surface area contributed by atoms with Gasteiger partial charge in [-0.05, 0) is 30.5 Å². The number of anilines is 1. The summed E-state index contributed by atoms with van der Waals surface area (Å²) in [4.78, 5) is 18.6. The van der Waals surface area contributed by atoms with E-state index < -0.39 is 0 Å². The van der Waals surface area contributed by atoms with Crippen LogP contribution in [-0.4, -0.2) is 36.6 Å². The third-order valence-electron chi connectivity index (χ3n) is 4.92. The van der Waals surface area contributed by atoms with Gasteiger partial charge in [-0.15, -0.1) is 24.0 Å². The third-order valence-corrected chi connectivity index (χ3v) is 5.77. The van der Waals surface area contributed by atoms with Gasteiger partial charge in [-0.2, -0.15) is 0 Å².